The van der Waals surface area contributed by atoms with Crippen LogP contribution in [0.5, 0.6) is 0 Å². The molecule has 4 nitrogen and oxygen atoms in total. The van der Waals surface area contributed by atoms with Crippen molar-refractivity contribution in [2.45, 2.75) is 12.5 Å². The van der Waals surface area contributed by atoms with Crippen LogP contribution in [-0.4, -0.2) is 25.0 Å². The van der Waals surface area contributed by atoms with Crippen molar-refractivity contribution in [2.24, 2.45) is 0 Å². The van der Waals surface area contributed by atoms with E-state index in [1.807, 2.05) is 30.3 Å². The molecule has 0 aliphatic carbocycles. The first-order valence-corrected chi connectivity index (χ1v) is 7.57. The predicted octanol–water partition coefficient (Wildman–Crippen LogP) is 2.96. The Labute approximate surface area is 137 Å². The van der Waals surface area contributed by atoms with Gasteiger partial charge in [-0.05, 0) is 29.8 Å². The molecular weight excluding hydrogens is 346 g/mol. The number of carbonyl (C=O) groups is 2. The summed E-state index contributed by atoms with van der Waals surface area (Å²) in [5, 5.41) is 2.72. The van der Waals surface area contributed by atoms with E-state index in [1.165, 1.54) is 7.11 Å². The normalized spacial score (nSPS) is 11.5. The van der Waals surface area contributed by atoms with E-state index < -0.39 is 12.0 Å². The number of ether oxygens (including phenoxy) is 1. The third-order valence-electron chi connectivity index (χ3n) is 3.18. The molecule has 0 radical (unpaired) electrons. The molecule has 22 heavy (non-hydrogen) atoms. The average molecular weight is 362 g/mol. The molecule has 0 saturated carbocycles. The number of amides is 1. The molecule has 1 amide bonds. The zero-order valence-corrected chi connectivity index (χ0v) is 13.7. The van der Waals surface area contributed by atoms with Gasteiger partial charge in [0.1, 0.15) is 6.04 Å². The Hall–Kier alpha value is -2.14. The Morgan fingerprint density at radius 1 is 1.09 bits per heavy atom. The summed E-state index contributed by atoms with van der Waals surface area (Å²) >= 11 is 3.32. The summed E-state index contributed by atoms with van der Waals surface area (Å²) in [4.78, 5) is 24.1. The summed E-state index contributed by atoms with van der Waals surface area (Å²) in [7, 11) is 1.31. The van der Waals surface area contributed by atoms with Crippen molar-refractivity contribution in [1.82, 2.24) is 5.32 Å². The van der Waals surface area contributed by atoms with E-state index in [0.29, 0.717) is 12.0 Å². The van der Waals surface area contributed by atoms with Crippen LogP contribution in [0.3, 0.4) is 0 Å². The average Bonchev–Trinajstić information content (AvgIpc) is 2.55. The van der Waals surface area contributed by atoms with Crippen molar-refractivity contribution in [2.75, 3.05) is 7.11 Å². The molecule has 5 heteroatoms. The highest BCUT2D eigenvalue weighted by Crippen LogP contribution is 2.11. The fourth-order valence-corrected chi connectivity index (χ4v) is 2.29. The Balaban J connectivity index is 2.11. The molecule has 1 atom stereocenters. The second kappa shape index (κ2) is 7.75. The van der Waals surface area contributed by atoms with Crippen LogP contribution >= 0.6 is 15.9 Å². The minimum Gasteiger partial charge on any atom is -0.467 e. The predicted molar refractivity (Wildman–Crippen MR) is 87.6 cm³/mol. The number of halogens is 1. The van der Waals surface area contributed by atoms with Gasteiger partial charge in [-0.3, -0.25) is 4.79 Å². The van der Waals surface area contributed by atoms with E-state index in [9.17, 15) is 9.59 Å². The number of nitrogens with one attached hydrogen (secondary N) is 1. The zero-order valence-electron chi connectivity index (χ0n) is 12.1. The lowest BCUT2D eigenvalue weighted by Crippen LogP contribution is -2.43. The second-order valence-corrected chi connectivity index (χ2v) is 5.66. The molecule has 0 aliphatic heterocycles. The highest BCUT2D eigenvalue weighted by atomic mass is 79.9. The van der Waals surface area contributed by atoms with E-state index in [0.717, 1.165) is 10.0 Å². The summed E-state index contributed by atoms with van der Waals surface area (Å²) < 4.78 is 5.67. The SMILES string of the molecule is COC(=O)[C@H](Cc1ccccc1)NC(=O)c1ccc(Br)cc1. The zero-order chi connectivity index (χ0) is 15.9. The summed E-state index contributed by atoms with van der Waals surface area (Å²) in [5.41, 5.74) is 1.44. The van der Waals surface area contributed by atoms with E-state index >= 15 is 0 Å². The number of hydrogen-bond acceptors (Lipinski definition) is 3. The number of carbonyl (C=O) groups excluding carboxylic acids is 2. The van der Waals surface area contributed by atoms with Crippen molar-refractivity contribution < 1.29 is 14.3 Å². The first kappa shape index (κ1) is 16.2. The van der Waals surface area contributed by atoms with Crippen molar-refractivity contribution in [1.29, 1.82) is 0 Å². The number of esters is 1. The fourth-order valence-electron chi connectivity index (χ4n) is 2.03. The third-order valence-corrected chi connectivity index (χ3v) is 3.71. The molecule has 0 fully saturated rings. The Kier molecular flexibility index (Phi) is 5.72. The van der Waals surface area contributed by atoms with Crippen LogP contribution in [0.25, 0.3) is 0 Å². The van der Waals surface area contributed by atoms with Gasteiger partial charge in [-0.1, -0.05) is 46.3 Å². The quantitative estimate of drug-likeness (QED) is 0.833. The maximum Gasteiger partial charge on any atom is 0.328 e. The van der Waals surface area contributed by atoms with Gasteiger partial charge in [0.05, 0.1) is 7.11 Å². The Bertz CT molecular complexity index is 641. The van der Waals surface area contributed by atoms with Gasteiger partial charge in [-0.2, -0.15) is 0 Å². The van der Waals surface area contributed by atoms with Crippen LogP contribution in [0, 0.1) is 0 Å². The lowest BCUT2D eigenvalue weighted by atomic mass is 10.1. The first-order valence-electron chi connectivity index (χ1n) is 6.78. The molecule has 0 spiro atoms. The molecule has 0 aromatic heterocycles. The Morgan fingerprint density at radius 2 is 1.73 bits per heavy atom. The van der Waals surface area contributed by atoms with Gasteiger partial charge in [-0.15, -0.1) is 0 Å². The smallest absolute Gasteiger partial charge is 0.328 e. The second-order valence-electron chi connectivity index (χ2n) is 4.75. The summed E-state index contributed by atoms with van der Waals surface area (Å²) in [5.74, 6) is -0.770. The molecule has 0 saturated heterocycles. The van der Waals surface area contributed by atoms with Gasteiger partial charge in [0, 0.05) is 16.5 Å². The highest BCUT2D eigenvalue weighted by molar-refractivity contribution is 9.10. The monoisotopic (exact) mass is 361 g/mol. The van der Waals surface area contributed by atoms with Crippen molar-refractivity contribution >= 4 is 27.8 Å². The molecule has 1 N–H and O–H groups in total. The molecule has 2 aromatic carbocycles. The van der Waals surface area contributed by atoms with Crippen LogP contribution in [-0.2, 0) is 16.0 Å². The van der Waals surface area contributed by atoms with Gasteiger partial charge in [0.2, 0.25) is 0 Å². The standard InChI is InChI=1S/C17H16BrNO3/c1-22-17(21)15(11-12-5-3-2-4-6-12)19-16(20)13-7-9-14(18)10-8-13/h2-10,15H,11H2,1H3,(H,19,20)/t15-/m0/s1. The highest BCUT2D eigenvalue weighted by Gasteiger charge is 2.22. The van der Waals surface area contributed by atoms with Gasteiger partial charge >= 0.3 is 5.97 Å². The molecule has 2 aromatic rings. The van der Waals surface area contributed by atoms with Crippen LogP contribution < -0.4 is 5.32 Å². The Morgan fingerprint density at radius 3 is 2.32 bits per heavy atom. The summed E-state index contributed by atoms with van der Waals surface area (Å²) in [6, 6.07) is 15.7. The molecule has 2 rings (SSSR count). The van der Waals surface area contributed by atoms with Gasteiger partial charge < -0.3 is 10.1 Å². The number of hydrogen-bond donors (Lipinski definition) is 1. The fraction of sp³-hybridized carbons (Fsp3) is 0.176. The molecule has 0 aliphatic rings. The molecule has 0 heterocycles. The lowest BCUT2D eigenvalue weighted by molar-refractivity contribution is -0.142. The molecular formula is C17H16BrNO3. The number of rotatable bonds is 5. The van der Waals surface area contributed by atoms with Gasteiger partial charge in [0.25, 0.3) is 5.91 Å². The van der Waals surface area contributed by atoms with Crippen LogP contribution in [0.1, 0.15) is 15.9 Å². The van der Waals surface area contributed by atoms with Gasteiger partial charge in [0.15, 0.2) is 0 Å². The minimum atomic E-state index is -0.719. The summed E-state index contributed by atoms with van der Waals surface area (Å²) in [6.07, 6.45) is 0.385. The number of methoxy groups -OCH3 is 1. The van der Waals surface area contributed by atoms with Crippen molar-refractivity contribution in [3.05, 3.63) is 70.2 Å². The third kappa shape index (κ3) is 4.43. The van der Waals surface area contributed by atoms with Crippen molar-refractivity contribution in [3.63, 3.8) is 0 Å². The van der Waals surface area contributed by atoms with Crippen molar-refractivity contribution in [3.8, 4) is 0 Å². The topological polar surface area (TPSA) is 55.4 Å². The minimum absolute atomic E-state index is 0.307. The van der Waals surface area contributed by atoms with E-state index in [4.69, 9.17) is 4.74 Å². The molecule has 0 bridgehead atoms. The van der Waals surface area contributed by atoms with E-state index in [-0.39, 0.29) is 5.91 Å². The largest absolute Gasteiger partial charge is 0.467 e. The maximum absolute atomic E-state index is 12.2. The molecule has 114 valence electrons. The van der Waals surface area contributed by atoms with Crippen LogP contribution in [0.2, 0.25) is 0 Å². The molecule has 0 unspecified atom stereocenters. The van der Waals surface area contributed by atoms with Gasteiger partial charge in [-0.25, -0.2) is 4.79 Å². The van der Waals surface area contributed by atoms with E-state index in [2.05, 4.69) is 21.2 Å². The lowest BCUT2D eigenvalue weighted by Gasteiger charge is -2.16. The summed E-state index contributed by atoms with van der Waals surface area (Å²) in [6.45, 7) is 0. The first-order chi connectivity index (χ1) is 10.6. The number of benzene rings is 2. The van der Waals surface area contributed by atoms with Crippen LogP contribution in [0.4, 0.5) is 0 Å². The van der Waals surface area contributed by atoms with E-state index in [1.54, 1.807) is 24.3 Å². The van der Waals surface area contributed by atoms with Crippen LogP contribution in [0.15, 0.2) is 59.1 Å². The maximum atomic E-state index is 12.2.